The van der Waals surface area contributed by atoms with E-state index < -0.39 is 38.3 Å². The number of rotatable bonds is 5. The first-order valence-corrected chi connectivity index (χ1v) is 10.7. The minimum Gasteiger partial charge on any atom is -0.444 e. The van der Waals surface area contributed by atoms with Gasteiger partial charge >= 0.3 is 6.09 Å². The number of alkyl carbamates (subject to hydrolysis) is 1. The molecular weight excluding hydrogens is 382 g/mol. The van der Waals surface area contributed by atoms with Crippen molar-refractivity contribution in [3.05, 3.63) is 20.4 Å². The molecule has 0 radical (unpaired) electrons. The number of hydrogen-bond acceptors (Lipinski definition) is 6. The van der Waals surface area contributed by atoms with Gasteiger partial charge in [-0.25, -0.2) is 9.00 Å². The first-order valence-electron chi connectivity index (χ1n) is 9.57. The normalized spacial score (nSPS) is 21.8. The fourth-order valence-electron chi connectivity index (χ4n) is 2.99. The van der Waals surface area contributed by atoms with Crippen molar-refractivity contribution in [2.24, 2.45) is 0 Å². The molecule has 0 bridgehead atoms. The summed E-state index contributed by atoms with van der Waals surface area (Å²) in [6.45, 7) is 10.7. The fourth-order valence-corrected chi connectivity index (χ4v) is 3.68. The van der Waals surface area contributed by atoms with E-state index in [-0.39, 0.29) is 23.5 Å². The second-order valence-corrected chi connectivity index (χ2v) is 11.1. The molecule has 0 spiro atoms. The molecule has 3 unspecified atom stereocenters. The molecule has 28 heavy (non-hydrogen) atoms. The predicted octanol–water partition coefficient (Wildman–Crippen LogP) is 2.40. The van der Waals surface area contributed by atoms with Gasteiger partial charge in [0, 0.05) is 6.04 Å². The van der Waals surface area contributed by atoms with E-state index in [2.05, 4.69) is 15.4 Å². The maximum absolute atomic E-state index is 12.3. The second kappa shape index (κ2) is 8.23. The van der Waals surface area contributed by atoms with E-state index in [4.69, 9.17) is 4.74 Å². The summed E-state index contributed by atoms with van der Waals surface area (Å²) in [6, 6.07) is -0.442. The molecule has 1 fully saturated rings. The summed E-state index contributed by atoms with van der Waals surface area (Å²) < 4.78 is 19.7. The summed E-state index contributed by atoms with van der Waals surface area (Å²) in [5.74, 6) is 0. The summed E-state index contributed by atoms with van der Waals surface area (Å²) >= 11 is 0. The Bertz CT molecular complexity index is 815. The molecule has 9 heteroatoms. The number of anilines is 2. The van der Waals surface area contributed by atoms with Gasteiger partial charge in [-0.3, -0.25) is 14.3 Å². The Kier molecular flexibility index (Phi) is 6.58. The summed E-state index contributed by atoms with van der Waals surface area (Å²) in [5, 5.41) is 5.96. The van der Waals surface area contributed by atoms with Gasteiger partial charge in [-0.05, 0) is 54.4 Å². The van der Waals surface area contributed by atoms with E-state index in [1.165, 1.54) is 0 Å². The van der Waals surface area contributed by atoms with Gasteiger partial charge in [0.2, 0.25) is 0 Å². The van der Waals surface area contributed by atoms with Crippen molar-refractivity contribution >= 4 is 28.5 Å². The fraction of sp³-hybridized carbons (Fsp3) is 0.737. The van der Waals surface area contributed by atoms with Crippen molar-refractivity contribution in [3.63, 3.8) is 0 Å². The Morgan fingerprint density at radius 1 is 0.964 bits per heavy atom. The Labute approximate surface area is 168 Å². The first-order chi connectivity index (χ1) is 12.8. The Morgan fingerprint density at radius 2 is 1.50 bits per heavy atom. The van der Waals surface area contributed by atoms with Crippen LogP contribution >= 0.6 is 0 Å². The molecule has 3 N–H and O–H groups in total. The van der Waals surface area contributed by atoms with E-state index >= 15 is 0 Å². The van der Waals surface area contributed by atoms with Crippen LogP contribution in [0.3, 0.4) is 0 Å². The number of hydrogen-bond donors (Lipinski definition) is 3. The van der Waals surface area contributed by atoms with Crippen LogP contribution in [0.1, 0.15) is 67.2 Å². The zero-order valence-electron chi connectivity index (χ0n) is 17.4. The molecule has 0 heterocycles. The van der Waals surface area contributed by atoms with Gasteiger partial charge in [-0.1, -0.05) is 12.8 Å². The van der Waals surface area contributed by atoms with Crippen LogP contribution in [-0.2, 0) is 15.7 Å². The summed E-state index contributed by atoms with van der Waals surface area (Å²) in [5.41, 5.74) is -1.71. The largest absolute Gasteiger partial charge is 0.444 e. The van der Waals surface area contributed by atoms with Crippen LogP contribution in [0.2, 0.25) is 0 Å². The van der Waals surface area contributed by atoms with Gasteiger partial charge in [0.25, 0.3) is 10.9 Å². The Morgan fingerprint density at radius 3 is 2.04 bits per heavy atom. The number of carbonyl (C=O) groups excluding carboxylic acids is 1. The van der Waals surface area contributed by atoms with Crippen molar-refractivity contribution in [1.82, 2.24) is 5.32 Å². The second-order valence-electron chi connectivity index (χ2n) is 9.18. The summed E-state index contributed by atoms with van der Waals surface area (Å²) in [7, 11) is -1.52. The predicted molar refractivity (Wildman–Crippen MR) is 112 cm³/mol. The van der Waals surface area contributed by atoms with Gasteiger partial charge in [-0.15, -0.1) is 0 Å². The lowest BCUT2D eigenvalue weighted by atomic mass is 9.90. The van der Waals surface area contributed by atoms with E-state index in [0.29, 0.717) is 0 Å². The Balaban J connectivity index is 2.12. The number of nitrogens with one attached hydrogen (secondary N) is 3. The van der Waals surface area contributed by atoms with Gasteiger partial charge in [0.1, 0.15) is 28.0 Å². The quantitative estimate of drug-likeness (QED) is 0.639. The van der Waals surface area contributed by atoms with Gasteiger partial charge in [-0.2, -0.15) is 0 Å². The molecular formula is C19H31N3O5S. The van der Waals surface area contributed by atoms with Gasteiger partial charge in [0.15, 0.2) is 0 Å². The molecule has 8 nitrogen and oxygen atoms in total. The minimum atomic E-state index is -1.52. The average Bonchev–Trinajstić information content (AvgIpc) is 2.56. The maximum atomic E-state index is 12.3. The lowest BCUT2D eigenvalue weighted by Crippen LogP contribution is -2.51. The van der Waals surface area contributed by atoms with Crippen LogP contribution in [0.5, 0.6) is 0 Å². The zero-order chi connectivity index (χ0) is 21.3. The number of carbonyl (C=O) groups is 1. The van der Waals surface area contributed by atoms with Crippen LogP contribution in [-0.4, -0.2) is 32.7 Å². The lowest BCUT2D eigenvalue weighted by Gasteiger charge is -2.34. The molecule has 1 aromatic rings. The third-order valence-electron chi connectivity index (χ3n) is 4.46. The topological polar surface area (TPSA) is 114 Å². The van der Waals surface area contributed by atoms with Crippen LogP contribution in [0.15, 0.2) is 9.59 Å². The highest BCUT2D eigenvalue weighted by Crippen LogP contribution is 2.26. The third-order valence-corrected chi connectivity index (χ3v) is 5.96. The third kappa shape index (κ3) is 5.56. The SMILES string of the molecule is CC(C)(C)OC(=O)NC1CCCCC1Nc1c(NS(=O)C(C)(C)C)c(=O)c1=O. The maximum Gasteiger partial charge on any atom is 0.407 e. The molecule has 158 valence electrons. The van der Waals surface area contributed by atoms with E-state index in [1.807, 2.05) is 0 Å². The van der Waals surface area contributed by atoms with Crippen molar-refractivity contribution in [2.45, 2.75) is 89.7 Å². The van der Waals surface area contributed by atoms with E-state index in [1.54, 1.807) is 41.5 Å². The highest BCUT2D eigenvalue weighted by Gasteiger charge is 2.33. The molecule has 0 aliphatic heterocycles. The average molecular weight is 414 g/mol. The van der Waals surface area contributed by atoms with Crippen LogP contribution < -0.4 is 26.2 Å². The van der Waals surface area contributed by atoms with Crippen LogP contribution in [0.4, 0.5) is 16.2 Å². The van der Waals surface area contributed by atoms with Crippen molar-refractivity contribution in [2.75, 3.05) is 10.0 Å². The molecule has 0 saturated heterocycles. The van der Waals surface area contributed by atoms with Crippen LogP contribution in [0, 0.1) is 0 Å². The van der Waals surface area contributed by atoms with Gasteiger partial charge in [0.05, 0.1) is 10.8 Å². The summed E-state index contributed by atoms with van der Waals surface area (Å²) in [6.07, 6.45) is 2.85. The molecule has 1 aliphatic rings. The molecule has 1 aliphatic carbocycles. The van der Waals surface area contributed by atoms with E-state index in [0.717, 1.165) is 25.7 Å². The molecule has 3 atom stereocenters. The highest BCUT2D eigenvalue weighted by atomic mass is 32.2. The molecule has 1 saturated carbocycles. The van der Waals surface area contributed by atoms with Crippen molar-refractivity contribution in [3.8, 4) is 0 Å². The molecule has 1 amide bonds. The smallest absolute Gasteiger partial charge is 0.407 e. The lowest BCUT2D eigenvalue weighted by molar-refractivity contribution is 0.0488. The van der Waals surface area contributed by atoms with Crippen molar-refractivity contribution < 1.29 is 13.7 Å². The summed E-state index contributed by atoms with van der Waals surface area (Å²) in [4.78, 5) is 36.2. The molecule has 0 aromatic heterocycles. The zero-order valence-corrected chi connectivity index (χ0v) is 18.2. The van der Waals surface area contributed by atoms with Gasteiger partial charge < -0.3 is 15.4 Å². The van der Waals surface area contributed by atoms with Crippen molar-refractivity contribution in [1.29, 1.82) is 0 Å². The highest BCUT2D eigenvalue weighted by molar-refractivity contribution is 7.87. The standard InChI is InChI=1S/C19H31N3O5S/c1-18(2,3)27-17(25)21-12-10-8-7-9-11(12)20-13-14(16(24)15(13)23)22-28(26)19(4,5)6/h11-12,20,22H,7-10H2,1-6H3,(H,21,25). The number of amides is 1. The molecule has 2 rings (SSSR count). The molecule has 1 aromatic carbocycles. The Hall–Kier alpha value is -1.90. The minimum absolute atomic E-state index is 0.0554. The van der Waals surface area contributed by atoms with Crippen LogP contribution in [0.25, 0.3) is 0 Å². The van der Waals surface area contributed by atoms with E-state index in [9.17, 15) is 18.6 Å². The number of ether oxygens (including phenoxy) is 1. The monoisotopic (exact) mass is 413 g/mol. The first kappa shape index (κ1) is 22.4.